The monoisotopic (exact) mass is 426 g/mol. The molecule has 0 amide bonds. The van der Waals surface area contributed by atoms with Crippen molar-refractivity contribution in [3.63, 3.8) is 0 Å². The number of aromatic nitrogens is 2. The lowest BCUT2D eigenvalue weighted by Crippen LogP contribution is -2.59. The van der Waals surface area contributed by atoms with E-state index in [1.54, 1.807) is 0 Å². The van der Waals surface area contributed by atoms with Gasteiger partial charge in [0.1, 0.15) is 17.2 Å². The molecule has 0 saturated carbocycles. The maximum Gasteiger partial charge on any atom is 0.427 e. The second-order valence-electron chi connectivity index (χ2n) is 5.82. The van der Waals surface area contributed by atoms with Crippen molar-refractivity contribution in [3.8, 4) is 5.69 Å². The van der Waals surface area contributed by atoms with Crippen molar-refractivity contribution in [2.45, 2.75) is 24.8 Å². The van der Waals surface area contributed by atoms with Gasteiger partial charge in [-0.3, -0.25) is 9.78 Å². The highest BCUT2D eigenvalue weighted by Gasteiger charge is 2.75. The van der Waals surface area contributed by atoms with Gasteiger partial charge in [-0.2, -0.15) is 26.3 Å². The number of benzene rings is 1. The predicted octanol–water partition coefficient (Wildman–Crippen LogP) is 3.34. The number of H-pyrrole nitrogens is 1. The van der Waals surface area contributed by atoms with Gasteiger partial charge in [-0.05, 0) is 31.2 Å². The first-order valence-electron chi connectivity index (χ1n) is 7.42. The van der Waals surface area contributed by atoms with Crippen molar-refractivity contribution < 1.29 is 26.3 Å². The van der Waals surface area contributed by atoms with Gasteiger partial charge in [0.05, 0.1) is 5.69 Å². The summed E-state index contributed by atoms with van der Waals surface area (Å²) in [4.78, 5) is 28.6. The standard InChI is InChI=1S/C15H9ClF6N4O2/c1-6-23-10-9(13(25-6,14(17,18)19)15(20,21)22)11(27)24-12(28)26(10)8-4-2-7(16)3-5-8/h2-5H,1H3,(H,23,25)(H,24,27,28). The number of nitrogens with one attached hydrogen (secondary N) is 2. The van der Waals surface area contributed by atoms with E-state index in [9.17, 15) is 35.9 Å². The minimum Gasteiger partial charge on any atom is -0.329 e. The van der Waals surface area contributed by atoms with Gasteiger partial charge in [0.25, 0.3) is 11.1 Å². The van der Waals surface area contributed by atoms with Gasteiger partial charge in [0, 0.05) is 5.02 Å². The molecule has 0 unspecified atom stereocenters. The van der Waals surface area contributed by atoms with Crippen LogP contribution < -0.4 is 16.6 Å². The molecule has 0 bridgehead atoms. The summed E-state index contributed by atoms with van der Waals surface area (Å²) in [5.74, 6) is -1.77. The van der Waals surface area contributed by atoms with Crippen LogP contribution in [0.15, 0.2) is 38.8 Å². The quantitative estimate of drug-likeness (QED) is 0.686. The maximum atomic E-state index is 13.7. The highest BCUT2D eigenvalue weighted by atomic mass is 35.5. The first-order valence-corrected chi connectivity index (χ1v) is 7.80. The number of hydrogen-bond donors (Lipinski definition) is 2. The van der Waals surface area contributed by atoms with Crippen LogP contribution in [-0.4, -0.2) is 27.7 Å². The molecule has 13 heteroatoms. The lowest BCUT2D eigenvalue weighted by molar-refractivity contribution is -0.301. The zero-order chi connectivity index (χ0) is 21.1. The Bertz CT molecular complexity index is 1070. The zero-order valence-electron chi connectivity index (χ0n) is 13.7. The molecule has 0 spiro atoms. The van der Waals surface area contributed by atoms with Gasteiger partial charge in [0.15, 0.2) is 0 Å². The lowest BCUT2D eigenvalue weighted by Gasteiger charge is -2.38. The van der Waals surface area contributed by atoms with E-state index < -0.39 is 46.4 Å². The molecular weight excluding hydrogens is 418 g/mol. The molecule has 2 N–H and O–H groups in total. The fourth-order valence-electron chi connectivity index (χ4n) is 2.90. The van der Waals surface area contributed by atoms with Gasteiger partial charge >= 0.3 is 18.0 Å². The average molecular weight is 427 g/mol. The number of halogens is 7. The number of alkyl halides is 6. The fraction of sp³-hybridized carbons (Fsp3) is 0.267. The molecular formula is C15H9ClF6N4O2. The summed E-state index contributed by atoms with van der Waals surface area (Å²) in [6.45, 7) is 0.854. The molecule has 0 fully saturated rings. The molecule has 28 heavy (non-hydrogen) atoms. The third-order valence-corrected chi connectivity index (χ3v) is 4.26. The minimum absolute atomic E-state index is 0.123. The van der Waals surface area contributed by atoms with Gasteiger partial charge in [0.2, 0.25) is 0 Å². The van der Waals surface area contributed by atoms with Crippen molar-refractivity contribution in [1.82, 2.24) is 9.55 Å². The van der Waals surface area contributed by atoms with E-state index in [0.29, 0.717) is 4.57 Å². The van der Waals surface area contributed by atoms with Crippen LogP contribution in [0.2, 0.25) is 5.02 Å². The van der Waals surface area contributed by atoms with Crippen LogP contribution in [0.1, 0.15) is 12.5 Å². The SMILES string of the molecule is CC1=NC(C(F)(F)F)(C(F)(F)F)c2c(n(-c3ccc(Cl)cc3)c(=O)[nH]c2=O)N1. The Labute approximate surface area is 156 Å². The number of rotatable bonds is 1. The van der Waals surface area contributed by atoms with E-state index in [4.69, 9.17) is 11.6 Å². The van der Waals surface area contributed by atoms with Crippen LogP contribution in [0.5, 0.6) is 0 Å². The fourth-order valence-corrected chi connectivity index (χ4v) is 3.03. The van der Waals surface area contributed by atoms with Crippen LogP contribution in [0.4, 0.5) is 32.2 Å². The van der Waals surface area contributed by atoms with Crippen molar-refractivity contribution >= 4 is 23.3 Å². The lowest BCUT2D eigenvalue weighted by atomic mass is 9.88. The highest BCUT2D eigenvalue weighted by molar-refractivity contribution is 6.30. The number of amidine groups is 1. The van der Waals surface area contributed by atoms with Crippen LogP contribution in [-0.2, 0) is 5.54 Å². The number of anilines is 1. The summed E-state index contributed by atoms with van der Waals surface area (Å²) in [7, 11) is 0. The molecule has 1 aromatic heterocycles. The summed E-state index contributed by atoms with van der Waals surface area (Å²) in [5, 5.41) is 2.39. The Morgan fingerprint density at radius 2 is 1.57 bits per heavy atom. The number of aromatic amines is 1. The Balaban J connectivity index is 2.51. The first-order chi connectivity index (χ1) is 12.8. The van der Waals surface area contributed by atoms with Crippen LogP contribution in [0.3, 0.4) is 0 Å². The van der Waals surface area contributed by atoms with E-state index in [0.717, 1.165) is 6.92 Å². The van der Waals surface area contributed by atoms with E-state index >= 15 is 0 Å². The Hall–Kier alpha value is -2.76. The second-order valence-corrected chi connectivity index (χ2v) is 6.26. The average Bonchev–Trinajstić information content (AvgIpc) is 2.53. The van der Waals surface area contributed by atoms with Gasteiger partial charge in [-0.25, -0.2) is 14.4 Å². The molecule has 3 rings (SSSR count). The van der Waals surface area contributed by atoms with E-state index in [-0.39, 0.29) is 10.7 Å². The Kier molecular flexibility index (Phi) is 4.37. The molecule has 0 atom stereocenters. The summed E-state index contributed by atoms with van der Waals surface area (Å²) >= 11 is 5.72. The van der Waals surface area contributed by atoms with Crippen molar-refractivity contribution in [2.24, 2.45) is 4.99 Å². The molecule has 1 aliphatic rings. The molecule has 2 aromatic rings. The Morgan fingerprint density at radius 3 is 2.07 bits per heavy atom. The molecule has 2 heterocycles. The smallest absolute Gasteiger partial charge is 0.329 e. The minimum atomic E-state index is -6.02. The molecule has 150 valence electrons. The van der Waals surface area contributed by atoms with E-state index in [1.165, 1.54) is 29.2 Å². The van der Waals surface area contributed by atoms with Crippen molar-refractivity contribution in [2.75, 3.05) is 5.32 Å². The van der Waals surface area contributed by atoms with Crippen LogP contribution >= 0.6 is 11.6 Å². The molecule has 6 nitrogen and oxygen atoms in total. The van der Waals surface area contributed by atoms with Gasteiger partial charge < -0.3 is 5.32 Å². The van der Waals surface area contributed by atoms with Gasteiger partial charge in [-0.15, -0.1) is 0 Å². The number of hydrogen-bond acceptors (Lipinski definition) is 4. The Morgan fingerprint density at radius 1 is 1.04 bits per heavy atom. The second kappa shape index (κ2) is 6.12. The van der Waals surface area contributed by atoms with Crippen LogP contribution in [0.25, 0.3) is 5.69 Å². The maximum absolute atomic E-state index is 13.7. The normalized spacial score (nSPS) is 16.2. The number of fused-ring (bicyclic) bond motifs is 1. The molecule has 0 aliphatic carbocycles. The highest BCUT2D eigenvalue weighted by Crippen LogP contribution is 2.55. The van der Waals surface area contributed by atoms with E-state index in [2.05, 4.69) is 10.3 Å². The third kappa shape index (κ3) is 2.79. The summed E-state index contributed by atoms with van der Waals surface area (Å²) in [6, 6.07) is 4.92. The van der Waals surface area contributed by atoms with Crippen molar-refractivity contribution in [3.05, 3.63) is 55.7 Å². The number of aliphatic imine (C=N–C) groups is 1. The first kappa shape index (κ1) is 20.0. The van der Waals surface area contributed by atoms with E-state index in [1.807, 2.05) is 0 Å². The number of nitrogens with zero attached hydrogens (tertiary/aromatic N) is 2. The molecule has 0 radical (unpaired) electrons. The predicted molar refractivity (Wildman–Crippen MR) is 88.2 cm³/mol. The van der Waals surface area contributed by atoms with Gasteiger partial charge in [-0.1, -0.05) is 11.6 Å². The molecule has 1 aromatic carbocycles. The summed E-state index contributed by atoms with van der Waals surface area (Å²) in [6.07, 6.45) is -12.0. The summed E-state index contributed by atoms with van der Waals surface area (Å²) < 4.78 is 82.7. The van der Waals surface area contributed by atoms with Crippen LogP contribution in [0, 0.1) is 0 Å². The largest absolute Gasteiger partial charge is 0.427 e. The zero-order valence-corrected chi connectivity index (χ0v) is 14.4. The topological polar surface area (TPSA) is 79.2 Å². The molecule has 1 aliphatic heterocycles. The summed E-state index contributed by atoms with van der Waals surface area (Å²) in [5.41, 5.74) is -9.86. The molecule has 0 saturated heterocycles. The third-order valence-electron chi connectivity index (χ3n) is 4.01. The van der Waals surface area contributed by atoms with Crippen molar-refractivity contribution in [1.29, 1.82) is 0 Å².